The van der Waals surface area contributed by atoms with Gasteiger partial charge in [0.05, 0.1) is 11.5 Å². The fourth-order valence-corrected chi connectivity index (χ4v) is 5.21. The first-order chi connectivity index (χ1) is 14.3. The normalized spacial score (nSPS) is 17.8. The Morgan fingerprint density at radius 1 is 1.00 bits per heavy atom. The lowest BCUT2D eigenvalue weighted by Crippen LogP contribution is -2.51. The summed E-state index contributed by atoms with van der Waals surface area (Å²) in [6.07, 6.45) is 1.41. The molecular weight excluding hydrogens is 410 g/mol. The van der Waals surface area contributed by atoms with Crippen molar-refractivity contribution in [3.05, 3.63) is 23.8 Å². The molecule has 0 atom stereocenters. The van der Waals surface area contributed by atoms with Gasteiger partial charge in [0.1, 0.15) is 5.75 Å². The Balaban J connectivity index is 1.53. The second-order valence-corrected chi connectivity index (χ2v) is 9.33. The molecule has 2 saturated heterocycles. The van der Waals surface area contributed by atoms with Crippen molar-refractivity contribution >= 4 is 22.0 Å². The number of aryl methyl sites for hydroxylation is 1. The summed E-state index contributed by atoms with van der Waals surface area (Å²) in [4.78, 5) is 27.7. The monoisotopic (exact) mass is 439 g/mol. The van der Waals surface area contributed by atoms with E-state index in [9.17, 15) is 18.0 Å². The fraction of sp³-hybridized carbons (Fsp3) is 0.600. The highest BCUT2D eigenvalue weighted by molar-refractivity contribution is 7.89. The molecular formula is C20H29N3O6S. The van der Waals surface area contributed by atoms with Crippen LogP contribution in [0.4, 0.5) is 4.79 Å². The zero-order chi connectivity index (χ0) is 21.7. The highest BCUT2D eigenvalue weighted by Crippen LogP contribution is 2.26. The first-order valence-electron chi connectivity index (χ1n) is 10.3. The number of rotatable bonds is 6. The zero-order valence-electron chi connectivity index (χ0n) is 17.5. The number of sulfonamides is 1. The molecule has 10 heteroatoms. The lowest BCUT2D eigenvalue weighted by atomic mass is 10.2. The van der Waals surface area contributed by atoms with E-state index < -0.39 is 10.0 Å². The predicted molar refractivity (Wildman–Crippen MR) is 110 cm³/mol. The quantitative estimate of drug-likeness (QED) is 0.666. The summed E-state index contributed by atoms with van der Waals surface area (Å²) in [7, 11) is -3.48. The summed E-state index contributed by atoms with van der Waals surface area (Å²) in [6.45, 7) is 6.50. The highest BCUT2D eigenvalue weighted by atomic mass is 32.2. The first-order valence-corrected chi connectivity index (χ1v) is 11.7. The maximum absolute atomic E-state index is 12.7. The van der Waals surface area contributed by atoms with Crippen LogP contribution >= 0.6 is 0 Å². The molecule has 1 aromatic rings. The van der Waals surface area contributed by atoms with Gasteiger partial charge in [-0.15, -0.1) is 0 Å². The Morgan fingerprint density at radius 3 is 2.23 bits per heavy atom. The van der Waals surface area contributed by atoms with Gasteiger partial charge in [-0.05, 0) is 50.5 Å². The third-order valence-corrected chi connectivity index (χ3v) is 7.25. The van der Waals surface area contributed by atoms with Crippen LogP contribution in [-0.2, 0) is 19.6 Å². The maximum Gasteiger partial charge on any atom is 0.409 e. The predicted octanol–water partition coefficient (Wildman–Crippen LogP) is 1.46. The second-order valence-electron chi connectivity index (χ2n) is 7.39. The van der Waals surface area contributed by atoms with Crippen molar-refractivity contribution in [1.82, 2.24) is 14.1 Å². The molecule has 0 unspecified atom stereocenters. The fourth-order valence-electron chi connectivity index (χ4n) is 3.61. The maximum atomic E-state index is 12.7. The first kappa shape index (κ1) is 22.4. The number of amides is 2. The molecule has 2 aliphatic heterocycles. The van der Waals surface area contributed by atoms with Crippen LogP contribution < -0.4 is 4.74 Å². The smallest absolute Gasteiger partial charge is 0.409 e. The Bertz CT molecular complexity index is 875. The number of piperazine rings is 1. The van der Waals surface area contributed by atoms with Gasteiger partial charge in [-0.25, -0.2) is 13.2 Å². The summed E-state index contributed by atoms with van der Waals surface area (Å²) < 4.78 is 37.5. The van der Waals surface area contributed by atoms with E-state index in [-0.39, 0.29) is 23.5 Å². The minimum Gasteiger partial charge on any atom is -0.483 e. The Kier molecular flexibility index (Phi) is 7.19. The Morgan fingerprint density at radius 2 is 1.63 bits per heavy atom. The number of hydrogen-bond acceptors (Lipinski definition) is 6. The van der Waals surface area contributed by atoms with Crippen LogP contribution in [0.15, 0.2) is 23.1 Å². The van der Waals surface area contributed by atoms with E-state index in [1.54, 1.807) is 35.8 Å². The number of carbonyl (C=O) groups excluding carboxylic acids is 2. The molecule has 166 valence electrons. The summed E-state index contributed by atoms with van der Waals surface area (Å²) in [5.41, 5.74) is 0.662. The lowest BCUT2D eigenvalue weighted by Gasteiger charge is -2.34. The van der Waals surface area contributed by atoms with Crippen LogP contribution in [0.25, 0.3) is 0 Å². The van der Waals surface area contributed by atoms with E-state index >= 15 is 0 Å². The van der Waals surface area contributed by atoms with Gasteiger partial charge in [-0.1, -0.05) is 0 Å². The van der Waals surface area contributed by atoms with Crippen LogP contribution in [0.5, 0.6) is 5.75 Å². The molecule has 0 bridgehead atoms. The van der Waals surface area contributed by atoms with E-state index in [2.05, 4.69) is 0 Å². The highest BCUT2D eigenvalue weighted by Gasteiger charge is 2.28. The largest absolute Gasteiger partial charge is 0.483 e. The van der Waals surface area contributed by atoms with Gasteiger partial charge in [0, 0.05) is 39.3 Å². The summed E-state index contributed by atoms with van der Waals surface area (Å²) in [6, 6.07) is 4.72. The molecule has 0 radical (unpaired) electrons. The molecule has 3 rings (SSSR count). The van der Waals surface area contributed by atoms with Gasteiger partial charge in [0.15, 0.2) is 6.61 Å². The molecule has 2 aliphatic rings. The number of ether oxygens (including phenoxy) is 2. The second kappa shape index (κ2) is 9.65. The van der Waals surface area contributed by atoms with Crippen LogP contribution in [0.1, 0.15) is 25.3 Å². The SMILES string of the molecule is CCOC(=O)N1CCN(C(=O)COc2ccc(S(=O)(=O)N3CCCC3)cc2C)CC1. The number of benzene rings is 1. The molecule has 0 N–H and O–H groups in total. The molecule has 2 amide bonds. The zero-order valence-corrected chi connectivity index (χ0v) is 18.3. The van der Waals surface area contributed by atoms with Crippen molar-refractivity contribution in [2.45, 2.75) is 31.6 Å². The van der Waals surface area contributed by atoms with Gasteiger partial charge < -0.3 is 19.3 Å². The van der Waals surface area contributed by atoms with Crippen molar-refractivity contribution in [3.63, 3.8) is 0 Å². The van der Waals surface area contributed by atoms with Gasteiger partial charge in [-0.3, -0.25) is 4.79 Å². The molecule has 0 spiro atoms. The average molecular weight is 440 g/mol. The minimum atomic E-state index is -3.48. The average Bonchev–Trinajstić information content (AvgIpc) is 3.29. The van der Waals surface area contributed by atoms with Crippen LogP contribution in [0.3, 0.4) is 0 Å². The van der Waals surface area contributed by atoms with Crippen molar-refractivity contribution in [2.24, 2.45) is 0 Å². The van der Waals surface area contributed by atoms with E-state index in [4.69, 9.17) is 9.47 Å². The van der Waals surface area contributed by atoms with Crippen molar-refractivity contribution in [2.75, 3.05) is 52.5 Å². The van der Waals surface area contributed by atoms with E-state index in [0.29, 0.717) is 57.2 Å². The standard InChI is InChI=1S/C20H29N3O6S/c1-3-28-20(25)22-12-10-21(11-13-22)19(24)15-29-18-7-6-17(14-16(18)2)30(26,27)23-8-4-5-9-23/h6-7,14H,3-5,8-13,15H2,1-2H3. The number of hydrogen-bond donors (Lipinski definition) is 0. The van der Waals surface area contributed by atoms with Crippen molar-refractivity contribution in [1.29, 1.82) is 0 Å². The molecule has 2 fully saturated rings. The third-order valence-electron chi connectivity index (χ3n) is 5.36. The molecule has 0 saturated carbocycles. The van der Waals surface area contributed by atoms with E-state index in [0.717, 1.165) is 12.8 Å². The van der Waals surface area contributed by atoms with E-state index in [1.807, 2.05) is 0 Å². The Labute approximate surface area is 177 Å². The van der Waals surface area contributed by atoms with Crippen molar-refractivity contribution in [3.8, 4) is 5.75 Å². The van der Waals surface area contributed by atoms with Crippen LogP contribution in [0.2, 0.25) is 0 Å². The van der Waals surface area contributed by atoms with Gasteiger partial charge in [0.2, 0.25) is 10.0 Å². The lowest BCUT2D eigenvalue weighted by molar-refractivity contribution is -0.134. The molecule has 9 nitrogen and oxygen atoms in total. The summed E-state index contributed by atoms with van der Waals surface area (Å²) in [5, 5.41) is 0. The molecule has 2 heterocycles. The molecule has 30 heavy (non-hydrogen) atoms. The Hall–Kier alpha value is -2.33. The minimum absolute atomic E-state index is 0.140. The van der Waals surface area contributed by atoms with Crippen LogP contribution in [-0.4, -0.2) is 87.0 Å². The van der Waals surface area contributed by atoms with Crippen molar-refractivity contribution < 1.29 is 27.5 Å². The van der Waals surface area contributed by atoms with Gasteiger partial charge in [-0.2, -0.15) is 4.31 Å². The van der Waals surface area contributed by atoms with Gasteiger partial charge in [0.25, 0.3) is 5.91 Å². The summed E-state index contributed by atoms with van der Waals surface area (Å²) in [5.74, 6) is 0.306. The number of nitrogens with zero attached hydrogens (tertiary/aromatic N) is 3. The summed E-state index contributed by atoms with van der Waals surface area (Å²) >= 11 is 0. The molecule has 0 aromatic heterocycles. The van der Waals surface area contributed by atoms with Crippen LogP contribution in [0, 0.1) is 6.92 Å². The van der Waals surface area contributed by atoms with E-state index in [1.165, 1.54) is 10.4 Å². The topological polar surface area (TPSA) is 96.5 Å². The molecule has 1 aromatic carbocycles. The number of carbonyl (C=O) groups is 2. The van der Waals surface area contributed by atoms with Gasteiger partial charge >= 0.3 is 6.09 Å². The third kappa shape index (κ3) is 5.04. The molecule has 0 aliphatic carbocycles.